The van der Waals surface area contributed by atoms with Gasteiger partial charge in [-0.3, -0.25) is 14.4 Å². The number of nitrogens with one attached hydrogen (secondary N) is 3. The van der Waals surface area contributed by atoms with Gasteiger partial charge < -0.3 is 36.4 Å². The predicted octanol–water partition coefficient (Wildman–Crippen LogP) is -4.18. The minimum atomic E-state index is -2.30. The minimum absolute atomic E-state index is 0.0517. The number of carbonyl (C=O) groups is 3. The highest BCUT2D eigenvalue weighted by atomic mass is 16.3. The van der Waals surface area contributed by atoms with E-state index in [-0.39, 0.29) is 39.5 Å². The summed E-state index contributed by atoms with van der Waals surface area (Å²) in [5.74, 6) is -2.41. The van der Waals surface area contributed by atoms with Crippen LogP contribution in [0.25, 0.3) is 0 Å². The third kappa shape index (κ3) is 7.88. The SMILES string of the molecule is O=C(CC(O)(CC(=O)NCCO)C(=O)NCCO)NCCO. The summed E-state index contributed by atoms with van der Waals surface area (Å²) in [7, 11) is 0. The molecule has 22 heavy (non-hydrogen) atoms. The smallest absolute Gasteiger partial charge is 0.253 e. The Morgan fingerprint density at radius 2 is 1.09 bits per heavy atom. The lowest BCUT2D eigenvalue weighted by molar-refractivity contribution is -0.149. The van der Waals surface area contributed by atoms with E-state index in [4.69, 9.17) is 15.3 Å². The van der Waals surface area contributed by atoms with Gasteiger partial charge in [-0.1, -0.05) is 0 Å². The highest BCUT2D eigenvalue weighted by Crippen LogP contribution is 2.16. The molecule has 0 aliphatic carbocycles. The molecular weight excluding hydrogens is 298 g/mol. The molecule has 0 atom stereocenters. The Morgan fingerprint density at radius 3 is 1.45 bits per heavy atom. The predicted molar refractivity (Wildman–Crippen MR) is 74.5 cm³/mol. The van der Waals surface area contributed by atoms with Crippen LogP contribution in [0, 0.1) is 0 Å². The molecule has 0 spiro atoms. The molecule has 0 fully saturated rings. The van der Waals surface area contributed by atoms with Crippen LogP contribution >= 0.6 is 0 Å². The molecule has 0 radical (unpaired) electrons. The van der Waals surface area contributed by atoms with Gasteiger partial charge in [0, 0.05) is 19.6 Å². The highest BCUT2D eigenvalue weighted by molar-refractivity contribution is 5.95. The van der Waals surface area contributed by atoms with E-state index < -0.39 is 36.2 Å². The summed E-state index contributed by atoms with van der Waals surface area (Å²) in [5.41, 5.74) is -2.30. The van der Waals surface area contributed by atoms with Gasteiger partial charge >= 0.3 is 0 Å². The van der Waals surface area contributed by atoms with Crippen LogP contribution in [0.4, 0.5) is 0 Å². The number of aliphatic hydroxyl groups is 4. The maximum Gasteiger partial charge on any atom is 0.253 e. The van der Waals surface area contributed by atoms with Crippen molar-refractivity contribution in [1.29, 1.82) is 0 Å². The summed E-state index contributed by atoms with van der Waals surface area (Å²) < 4.78 is 0. The van der Waals surface area contributed by atoms with Crippen molar-refractivity contribution < 1.29 is 34.8 Å². The first kappa shape index (κ1) is 20.2. The first-order chi connectivity index (χ1) is 10.4. The highest BCUT2D eigenvalue weighted by Gasteiger charge is 2.40. The number of amides is 3. The fourth-order valence-electron chi connectivity index (χ4n) is 1.60. The molecule has 0 saturated heterocycles. The molecule has 0 aliphatic rings. The van der Waals surface area contributed by atoms with Crippen molar-refractivity contribution in [3.05, 3.63) is 0 Å². The minimum Gasteiger partial charge on any atom is -0.395 e. The van der Waals surface area contributed by atoms with Crippen LogP contribution in [0.15, 0.2) is 0 Å². The molecule has 0 aromatic carbocycles. The second kappa shape index (κ2) is 10.9. The lowest BCUT2D eigenvalue weighted by Crippen LogP contribution is -2.53. The fourth-order valence-corrected chi connectivity index (χ4v) is 1.60. The van der Waals surface area contributed by atoms with E-state index in [1.165, 1.54) is 0 Å². The van der Waals surface area contributed by atoms with E-state index in [9.17, 15) is 19.5 Å². The number of carbonyl (C=O) groups excluding carboxylic acids is 3. The van der Waals surface area contributed by atoms with Crippen molar-refractivity contribution in [3.8, 4) is 0 Å². The van der Waals surface area contributed by atoms with Crippen molar-refractivity contribution in [1.82, 2.24) is 16.0 Å². The van der Waals surface area contributed by atoms with Crippen LogP contribution in [0.3, 0.4) is 0 Å². The van der Waals surface area contributed by atoms with Crippen LogP contribution in [0.2, 0.25) is 0 Å². The Hall–Kier alpha value is -1.75. The molecule has 10 nitrogen and oxygen atoms in total. The lowest BCUT2D eigenvalue weighted by atomic mass is 9.93. The zero-order valence-electron chi connectivity index (χ0n) is 12.2. The fraction of sp³-hybridized carbons (Fsp3) is 0.750. The van der Waals surface area contributed by atoms with Gasteiger partial charge in [0.05, 0.1) is 32.7 Å². The molecule has 0 rings (SSSR count). The summed E-state index contributed by atoms with van der Waals surface area (Å²) in [4.78, 5) is 35.1. The van der Waals surface area contributed by atoms with Gasteiger partial charge in [0.1, 0.15) is 0 Å². The Labute approximate surface area is 127 Å². The van der Waals surface area contributed by atoms with Crippen LogP contribution < -0.4 is 16.0 Å². The van der Waals surface area contributed by atoms with E-state index in [2.05, 4.69) is 16.0 Å². The number of rotatable bonds is 11. The summed E-state index contributed by atoms with van der Waals surface area (Å²) >= 11 is 0. The molecule has 10 heteroatoms. The van der Waals surface area contributed by atoms with E-state index >= 15 is 0 Å². The average Bonchev–Trinajstić information content (AvgIpc) is 2.48. The zero-order valence-corrected chi connectivity index (χ0v) is 12.2. The van der Waals surface area contributed by atoms with Gasteiger partial charge in [0.25, 0.3) is 5.91 Å². The topological polar surface area (TPSA) is 168 Å². The van der Waals surface area contributed by atoms with Crippen LogP contribution in [0.1, 0.15) is 12.8 Å². The van der Waals surface area contributed by atoms with Crippen LogP contribution in [-0.4, -0.2) is 83.2 Å². The molecule has 0 bridgehead atoms. The number of hydrogen-bond donors (Lipinski definition) is 7. The quantitative estimate of drug-likeness (QED) is 0.202. The van der Waals surface area contributed by atoms with Crippen molar-refractivity contribution >= 4 is 17.7 Å². The first-order valence-electron chi connectivity index (χ1n) is 6.76. The summed E-state index contributed by atoms with van der Waals surface area (Å²) in [6.07, 6.45) is -1.37. The largest absolute Gasteiger partial charge is 0.395 e. The van der Waals surface area contributed by atoms with Crippen molar-refractivity contribution in [2.75, 3.05) is 39.5 Å². The third-order valence-electron chi connectivity index (χ3n) is 2.59. The molecule has 3 amide bonds. The molecule has 128 valence electrons. The Morgan fingerprint density at radius 1 is 0.727 bits per heavy atom. The van der Waals surface area contributed by atoms with Gasteiger partial charge in [-0.15, -0.1) is 0 Å². The van der Waals surface area contributed by atoms with E-state index in [0.717, 1.165) is 0 Å². The van der Waals surface area contributed by atoms with Gasteiger partial charge in [0.2, 0.25) is 11.8 Å². The van der Waals surface area contributed by atoms with E-state index in [0.29, 0.717) is 0 Å². The lowest BCUT2D eigenvalue weighted by Gasteiger charge is -2.25. The monoisotopic (exact) mass is 321 g/mol. The van der Waals surface area contributed by atoms with Gasteiger partial charge in [-0.2, -0.15) is 0 Å². The second-order valence-corrected chi connectivity index (χ2v) is 4.51. The average molecular weight is 321 g/mol. The Bertz CT molecular complexity index is 354. The van der Waals surface area contributed by atoms with Gasteiger partial charge in [-0.05, 0) is 0 Å². The number of aliphatic hydroxyl groups excluding tert-OH is 3. The van der Waals surface area contributed by atoms with Crippen LogP contribution in [0.5, 0.6) is 0 Å². The van der Waals surface area contributed by atoms with Crippen LogP contribution in [-0.2, 0) is 14.4 Å². The standard InChI is InChI=1S/C12H23N3O7/c16-4-1-13-9(19)7-12(22,11(21)15-3-6-18)8-10(20)14-2-5-17/h16-18,22H,1-8H2,(H,13,19)(H,14,20)(H,15,21). The second-order valence-electron chi connectivity index (χ2n) is 4.51. The summed E-state index contributed by atoms with van der Waals surface area (Å²) in [6.45, 7) is -1.23. The van der Waals surface area contributed by atoms with Crippen molar-refractivity contribution in [2.45, 2.75) is 18.4 Å². The number of hydrogen-bond acceptors (Lipinski definition) is 7. The Kier molecular flexibility index (Phi) is 10.0. The van der Waals surface area contributed by atoms with Crippen molar-refractivity contribution in [3.63, 3.8) is 0 Å². The molecule has 0 aromatic heterocycles. The summed E-state index contributed by atoms with van der Waals surface area (Å²) in [6, 6.07) is 0. The first-order valence-corrected chi connectivity index (χ1v) is 6.76. The molecule has 0 aliphatic heterocycles. The normalized spacial score (nSPS) is 10.9. The maximum absolute atomic E-state index is 11.9. The Balaban J connectivity index is 4.83. The molecule has 0 heterocycles. The molecule has 0 saturated carbocycles. The van der Waals surface area contributed by atoms with Gasteiger partial charge in [-0.25, -0.2) is 0 Å². The molecule has 0 aromatic rings. The maximum atomic E-state index is 11.9. The molecule has 0 unspecified atom stereocenters. The summed E-state index contributed by atoms with van der Waals surface area (Å²) in [5, 5.41) is 42.9. The van der Waals surface area contributed by atoms with Gasteiger partial charge in [0.15, 0.2) is 5.60 Å². The third-order valence-corrected chi connectivity index (χ3v) is 2.59. The van der Waals surface area contributed by atoms with Crippen molar-refractivity contribution in [2.24, 2.45) is 0 Å². The molecular formula is C12H23N3O7. The van der Waals surface area contributed by atoms with E-state index in [1.54, 1.807) is 0 Å². The van der Waals surface area contributed by atoms with E-state index in [1.807, 2.05) is 0 Å². The zero-order chi connectivity index (χ0) is 17.0. The molecule has 7 N–H and O–H groups in total.